The summed E-state index contributed by atoms with van der Waals surface area (Å²) >= 11 is 0. The normalized spacial score (nSPS) is 22.4. The van der Waals surface area contributed by atoms with Crippen LogP contribution in [-0.2, 0) is 36.5 Å². The summed E-state index contributed by atoms with van der Waals surface area (Å²) in [6, 6.07) is 14.5. The zero-order chi connectivity index (χ0) is 45.5. The predicted molar refractivity (Wildman–Crippen MR) is 231 cm³/mol. The number of carbonyl (C=O) groups is 5. The Morgan fingerprint density at radius 2 is 1.49 bits per heavy atom. The van der Waals surface area contributed by atoms with Gasteiger partial charge < -0.3 is 34.5 Å². The van der Waals surface area contributed by atoms with Gasteiger partial charge in [-0.05, 0) is 118 Å². The van der Waals surface area contributed by atoms with E-state index in [9.17, 15) is 37.1 Å². The molecule has 5 aliphatic rings. The molecule has 2 atom stereocenters. The Morgan fingerprint density at radius 3 is 2.23 bits per heavy atom. The Labute approximate surface area is 375 Å². The first-order valence-electron chi connectivity index (χ1n) is 22.5. The molecule has 4 heterocycles. The number of benzene rings is 3. The molecular weight excluding hydrogens is 850 g/mol. The summed E-state index contributed by atoms with van der Waals surface area (Å²) in [6.07, 6.45) is 2.10. The minimum Gasteiger partial charge on any atom is -0.491 e. The minimum absolute atomic E-state index is 0.0454. The molecule has 2 saturated heterocycles. The number of rotatable bonds is 18. The monoisotopic (exact) mass is 904 g/mol. The van der Waals surface area contributed by atoms with Crippen molar-refractivity contribution in [2.24, 2.45) is 5.92 Å². The molecule has 1 aliphatic carbocycles. The summed E-state index contributed by atoms with van der Waals surface area (Å²) in [4.78, 5) is 68.8. The van der Waals surface area contributed by atoms with Crippen LogP contribution in [0.1, 0.15) is 100.0 Å². The van der Waals surface area contributed by atoms with Crippen molar-refractivity contribution in [3.8, 4) is 5.75 Å². The fourth-order valence-electron chi connectivity index (χ4n) is 9.35. The van der Waals surface area contributed by atoms with Gasteiger partial charge in [0.15, 0.2) is 6.29 Å². The van der Waals surface area contributed by atoms with Crippen molar-refractivity contribution < 1.29 is 56.1 Å². The van der Waals surface area contributed by atoms with Gasteiger partial charge in [0, 0.05) is 31.2 Å². The van der Waals surface area contributed by atoms with Gasteiger partial charge in [-0.1, -0.05) is 18.6 Å². The van der Waals surface area contributed by atoms with Gasteiger partial charge >= 0.3 is 6.18 Å². The van der Waals surface area contributed by atoms with Crippen LogP contribution in [0, 0.1) is 5.92 Å². The molecule has 3 aromatic carbocycles. The third kappa shape index (κ3) is 11.1. The van der Waals surface area contributed by atoms with Gasteiger partial charge in [0.05, 0.1) is 61.1 Å². The van der Waals surface area contributed by atoms with Crippen molar-refractivity contribution in [3.63, 3.8) is 0 Å². The highest BCUT2D eigenvalue weighted by molar-refractivity contribution is 6.23. The summed E-state index contributed by atoms with van der Waals surface area (Å²) in [5, 5.41) is 8.65. The number of hydrogen-bond acceptors (Lipinski definition) is 12. The number of carbonyl (C=O) groups excluding carboxylic acids is 5. The zero-order valence-electron chi connectivity index (χ0n) is 36.2. The summed E-state index contributed by atoms with van der Waals surface area (Å²) in [7, 11) is 0. The van der Waals surface area contributed by atoms with Gasteiger partial charge in [0.1, 0.15) is 18.4 Å². The highest BCUT2D eigenvalue weighted by atomic mass is 19.4. The topological polar surface area (TPSA) is 168 Å². The molecule has 1 saturated carbocycles. The molecule has 65 heavy (non-hydrogen) atoms. The fraction of sp³-hybridized carbons (Fsp3) is 0.511. The number of nitrogens with zero attached hydrogens (tertiary/aromatic N) is 3. The van der Waals surface area contributed by atoms with E-state index in [0.717, 1.165) is 73.7 Å². The Bertz CT molecular complexity index is 2230. The number of amides is 5. The van der Waals surface area contributed by atoms with Crippen LogP contribution < -0.4 is 25.6 Å². The Kier molecular flexibility index (Phi) is 14.7. The summed E-state index contributed by atoms with van der Waals surface area (Å²) in [5.41, 5.74) is 2.43. The number of anilines is 2. The molecule has 0 bridgehead atoms. The number of likely N-dealkylation sites (tertiary alicyclic amines) is 1. The largest absolute Gasteiger partial charge is 0.491 e. The number of ether oxygens (including phenoxy) is 4. The number of nitrogens with one attached hydrogen (secondary N) is 3. The van der Waals surface area contributed by atoms with Gasteiger partial charge in [-0.25, -0.2) is 0 Å². The molecule has 15 nitrogen and oxygen atoms in total. The van der Waals surface area contributed by atoms with E-state index in [4.69, 9.17) is 18.9 Å². The van der Waals surface area contributed by atoms with Crippen molar-refractivity contribution in [3.05, 3.63) is 88.5 Å². The first kappa shape index (κ1) is 46.0. The summed E-state index contributed by atoms with van der Waals surface area (Å²) in [5.74, 6) is -2.14. The highest BCUT2D eigenvalue weighted by Gasteiger charge is 2.45. The standard InChI is InChI=1S/C47H55F3N6O9/c48-47(49,50)33-6-4-5-32(26-33)42(58)53-46-51-38-25-31(28-54-17-2-1-3-18-54)9-14-39(38)55(46)34-10-7-30(8-11-34)29-64-22-21-62-19-20-63-23-24-65-35-12-13-36-37(27-35)45(61)56(44(36)60)40-15-16-41(57)52-43(40)59/h4-6,9,12-14,25-27,30,34,40,46,51H,1-3,7-8,10-11,15-24,28-29H2,(H,53,58)(H,52,57,59)/t30-,34+,40?,46?. The lowest BCUT2D eigenvalue weighted by Gasteiger charge is -2.39. The molecule has 3 aromatic rings. The molecular formula is C47H55F3N6O9. The van der Waals surface area contributed by atoms with Crippen LogP contribution in [-0.4, -0.2) is 117 Å². The Hall–Kier alpha value is -5.56. The molecule has 4 aliphatic heterocycles. The highest BCUT2D eigenvalue weighted by Crippen LogP contribution is 2.41. The molecule has 3 fully saturated rings. The number of piperidine rings is 2. The first-order valence-corrected chi connectivity index (χ1v) is 22.5. The molecule has 3 N–H and O–H groups in total. The van der Waals surface area contributed by atoms with Gasteiger partial charge in [-0.3, -0.25) is 39.1 Å². The van der Waals surface area contributed by atoms with Crippen LogP contribution in [0.4, 0.5) is 24.5 Å². The third-order valence-corrected chi connectivity index (χ3v) is 12.7. The second kappa shape index (κ2) is 20.7. The van der Waals surface area contributed by atoms with Crippen LogP contribution in [0.3, 0.4) is 0 Å². The molecule has 348 valence electrons. The predicted octanol–water partition coefficient (Wildman–Crippen LogP) is 5.73. The summed E-state index contributed by atoms with van der Waals surface area (Å²) < 4.78 is 63.5. The first-order chi connectivity index (χ1) is 31.4. The molecule has 18 heteroatoms. The Balaban J connectivity index is 0.736. The van der Waals surface area contributed by atoms with E-state index < -0.39 is 53.6 Å². The van der Waals surface area contributed by atoms with E-state index in [1.54, 1.807) is 6.07 Å². The molecule has 0 radical (unpaired) electrons. The SMILES string of the molecule is O=C1CCC(N2C(=O)c3ccc(OCCOCCOCCOC[C@H]4CC[C@@H](N5c6ccc(CN7CCCCC7)cc6NC5NC(=O)c5cccc(C(F)(F)F)c5)CC4)cc3C2=O)C(=O)N1. The van der Waals surface area contributed by atoms with Crippen LogP contribution in [0.25, 0.3) is 0 Å². The summed E-state index contributed by atoms with van der Waals surface area (Å²) in [6.45, 7) is 5.53. The molecule has 0 spiro atoms. The van der Waals surface area contributed by atoms with E-state index in [-0.39, 0.29) is 48.8 Å². The van der Waals surface area contributed by atoms with E-state index in [1.807, 2.05) is 0 Å². The number of alkyl halides is 3. The average Bonchev–Trinajstić information content (AvgIpc) is 3.77. The number of hydrogen-bond donors (Lipinski definition) is 3. The molecule has 8 rings (SSSR count). The van der Waals surface area contributed by atoms with Gasteiger partial charge in [-0.2, -0.15) is 13.2 Å². The van der Waals surface area contributed by atoms with E-state index >= 15 is 0 Å². The van der Waals surface area contributed by atoms with Crippen molar-refractivity contribution >= 4 is 40.9 Å². The second-order valence-corrected chi connectivity index (χ2v) is 17.2. The number of halogens is 3. The van der Waals surface area contributed by atoms with Crippen molar-refractivity contribution in [1.82, 2.24) is 20.4 Å². The van der Waals surface area contributed by atoms with Crippen molar-refractivity contribution in [2.45, 2.75) is 88.9 Å². The maximum atomic E-state index is 13.5. The van der Waals surface area contributed by atoms with Crippen LogP contribution in [0.5, 0.6) is 5.75 Å². The fourth-order valence-corrected chi connectivity index (χ4v) is 9.35. The second-order valence-electron chi connectivity index (χ2n) is 17.2. The van der Waals surface area contributed by atoms with E-state index in [2.05, 4.69) is 43.9 Å². The lowest BCUT2D eigenvalue weighted by molar-refractivity contribution is -0.138. The zero-order valence-corrected chi connectivity index (χ0v) is 36.2. The maximum absolute atomic E-state index is 13.5. The number of fused-ring (bicyclic) bond motifs is 2. The van der Waals surface area contributed by atoms with Gasteiger partial charge in [0.2, 0.25) is 11.8 Å². The van der Waals surface area contributed by atoms with Crippen LogP contribution >= 0.6 is 0 Å². The minimum atomic E-state index is -4.56. The maximum Gasteiger partial charge on any atom is 0.416 e. The van der Waals surface area contributed by atoms with Crippen molar-refractivity contribution in [1.29, 1.82) is 0 Å². The van der Waals surface area contributed by atoms with Crippen LogP contribution in [0.15, 0.2) is 60.7 Å². The number of imide groups is 2. The Morgan fingerprint density at radius 1 is 0.769 bits per heavy atom. The van der Waals surface area contributed by atoms with Gasteiger partial charge in [0.25, 0.3) is 17.7 Å². The van der Waals surface area contributed by atoms with E-state index in [0.29, 0.717) is 44.7 Å². The average molecular weight is 905 g/mol. The molecule has 2 unspecified atom stereocenters. The quantitative estimate of drug-likeness (QED) is 0.105. The third-order valence-electron chi connectivity index (χ3n) is 12.7. The van der Waals surface area contributed by atoms with Gasteiger partial charge in [-0.15, -0.1) is 0 Å². The lowest BCUT2D eigenvalue weighted by Crippen LogP contribution is -2.54. The smallest absolute Gasteiger partial charge is 0.416 e. The van der Waals surface area contributed by atoms with Crippen LogP contribution in [0.2, 0.25) is 0 Å². The lowest BCUT2D eigenvalue weighted by atomic mass is 9.85. The molecule has 0 aromatic heterocycles. The molecule has 5 amide bonds. The van der Waals surface area contributed by atoms with E-state index in [1.165, 1.54) is 49.1 Å². The van der Waals surface area contributed by atoms with Crippen molar-refractivity contribution in [2.75, 3.05) is 69.6 Å².